The second-order valence-corrected chi connectivity index (χ2v) is 3.26. The van der Waals surface area contributed by atoms with Gasteiger partial charge in [-0.2, -0.15) is 0 Å². The summed E-state index contributed by atoms with van der Waals surface area (Å²) in [6.07, 6.45) is 1.32. The summed E-state index contributed by atoms with van der Waals surface area (Å²) in [5.74, 6) is -1.54. The van der Waals surface area contributed by atoms with Crippen molar-refractivity contribution in [1.29, 1.82) is 0 Å². The Morgan fingerprint density at radius 2 is 2.19 bits per heavy atom. The smallest absolute Gasteiger partial charge is 0.540 e. The summed E-state index contributed by atoms with van der Waals surface area (Å²) in [7, 11) is 0. The van der Waals surface area contributed by atoms with Crippen LogP contribution in [0.2, 0.25) is 5.02 Å². The minimum atomic E-state index is -1.44. The summed E-state index contributed by atoms with van der Waals surface area (Å²) >= 11 is 5.77. The van der Waals surface area contributed by atoms with Crippen LogP contribution in [-0.4, -0.2) is 11.0 Å². The summed E-state index contributed by atoms with van der Waals surface area (Å²) in [5.41, 5.74) is 0.669. The number of aromatic carboxylic acids is 1. The molecule has 76 valence electrons. The summed E-state index contributed by atoms with van der Waals surface area (Å²) in [4.78, 5) is 14.0. The Bertz CT molecular complexity index is 512. The summed E-state index contributed by atoms with van der Waals surface area (Å²) in [6.45, 7) is 0. The van der Waals surface area contributed by atoms with Crippen LogP contribution in [0, 0.1) is 0 Å². The van der Waals surface area contributed by atoms with E-state index in [1.807, 2.05) is 0 Å². The first-order valence-corrected chi connectivity index (χ1v) is 4.48. The topological polar surface area (TPSA) is 66.2 Å². The van der Waals surface area contributed by atoms with Crippen LogP contribution < -0.4 is 34.7 Å². The van der Waals surface area contributed by atoms with E-state index in [1.54, 1.807) is 24.3 Å². The second-order valence-electron chi connectivity index (χ2n) is 2.83. The van der Waals surface area contributed by atoms with Crippen molar-refractivity contribution in [1.82, 2.24) is 4.98 Å². The van der Waals surface area contributed by atoms with Crippen LogP contribution in [0.3, 0.4) is 0 Å². The Morgan fingerprint density at radius 1 is 1.44 bits per heavy atom. The number of carbonyl (C=O) groups is 1. The van der Waals surface area contributed by atoms with Gasteiger partial charge in [0.05, 0.1) is 6.20 Å². The van der Waals surface area contributed by atoms with Gasteiger partial charge in [-0.3, -0.25) is 0 Å². The summed E-state index contributed by atoms with van der Waals surface area (Å²) in [5, 5.41) is 11.0. The van der Waals surface area contributed by atoms with Crippen molar-refractivity contribution in [2.75, 3.05) is 0 Å². The molecule has 6 heteroatoms. The molecule has 4 nitrogen and oxygen atoms in total. The maximum Gasteiger partial charge on any atom is 1.00 e. The average molecular weight is 246 g/mol. The number of benzene rings is 1. The van der Waals surface area contributed by atoms with Crippen molar-refractivity contribution in [3.05, 3.63) is 41.4 Å². The zero-order valence-corrected chi connectivity index (χ0v) is 11.2. The number of rotatable bonds is 2. The zero-order chi connectivity index (χ0) is 10.8. The molecule has 0 aliphatic carbocycles. The number of nitrogens with zero attached hydrogens (tertiary/aromatic N) is 1. The second kappa shape index (κ2) is 5.50. The van der Waals surface area contributed by atoms with Gasteiger partial charge in [-0.1, -0.05) is 23.7 Å². The molecule has 0 saturated heterocycles. The Kier molecular flexibility index (Phi) is 4.56. The van der Waals surface area contributed by atoms with Crippen LogP contribution in [0.25, 0.3) is 11.3 Å². The van der Waals surface area contributed by atoms with E-state index in [9.17, 15) is 9.90 Å². The molecule has 0 bridgehead atoms. The number of carbonyl (C=O) groups excluding carboxylic acids is 1. The van der Waals surface area contributed by atoms with E-state index in [1.165, 1.54) is 6.20 Å². The van der Waals surface area contributed by atoms with Gasteiger partial charge in [0.2, 0.25) is 5.89 Å². The van der Waals surface area contributed by atoms with Gasteiger partial charge in [-0.15, -0.1) is 0 Å². The maximum atomic E-state index is 10.4. The zero-order valence-electron chi connectivity index (χ0n) is 8.44. The van der Waals surface area contributed by atoms with E-state index in [-0.39, 0.29) is 29.6 Å². The Morgan fingerprint density at radius 3 is 2.75 bits per heavy atom. The molecule has 1 heterocycles. The Balaban J connectivity index is 0.00000128. The molecule has 2 rings (SSSR count). The molecule has 0 fully saturated rings. The van der Waals surface area contributed by atoms with Gasteiger partial charge >= 0.3 is 29.6 Å². The molecule has 0 N–H and O–H groups in total. The molecule has 0 atom stereocenters. The van der Waals surface area contributed by atoms with Crippen LogP contribution in [0.5, 0.6) is 0 Å². The first-order valence-electron chi connectivity index (χ1n) is 4.10. The third kappa shape index (κ3) is 2.86. The Hall–Kier alpha value is -0.810. The first kappa shape index (κ1) is 13.3. The van der Waals surface area contributed by atoms with Crippen molar-refractivity contribution in [2.45, 2.75) is 0 Å². The molecule has 0 radical (unpaired) electrons. The largest absolute Gasteiger partial charge is 1.00 e. The molecule has 0 aliphatic rings. The number of carboxylic acids is 1. The number of oxazole rings is 1. The van der Waals surface area contributed by atoms with Crippen LogP contribution in [0.15, 0.2) is 34.9 Å². The van der Waals surface area contributed by atoms with Crippen LogP contribution in [-0.2, 0) is 0 Å². The predicted molar refractivity (Wildman–Crippen MR) is 51.3 cm³/mol. The van der Waals surface area contributed by atoms with Crippen LogP contribution >= 0.6 is 11.6 Å². The third-order valence-electron chi connectivity index (χ3n) is 1.79. The number of carboxylic acid groups (broad SMARTS) is 1. The maximum absolute atomic E-state index is 10.4. The van der Waals surface area contributed by atoms with Gasteiger partial charge in [0.25, 0.3) is 0 Å². The van der Waals surface area contributed by atoms with Crippen molar-refractivity contribution >= 4 is 17.6 Å². The van der Waals surface area contributed by atoms with E-state index in [0.29, 0.717) is 16.3 Å². The SMILES string of the molecule is O=C([O-])c1ncc(-c2cccc(Cl)c2)o1.[Na+]. The fourth-order valence-electron chi connectivity index (χ4n) is 1.14. The van der Waals surface area contributed by atoms with E-state index in [0.717, 1.165) is 0 Å². The van der Waals surface area contributed by atoms with E-state index < -0.39 is 11.9 Å². The predicted octanol–water partition coefficient (Wildman–Crippen LogP) is -1.64. The minimum Gasteiger partial charge on any atom is -0.540 e. The van der Waals surface area contributed by atoms with Crippen molar-refractivity contribution in [3.8, 4) is 11.3 Å². The molecular formula is C10H5ClNNaO3. The van der Waals surface area contributed by atoms with Crippen LogP contribution in [0.1, 0.15) is 10.7 Å². The number of hydrogen-bond acceptors (Lipinski definition) is 4. The molecule has 0 aliphatic heterocycles. The molecular weight excluding hydrogens is 241 g/mol. The standard InChI is InChI=1S/C10H6ClNO3.Na/c11-7-3-1-2-6(4-7)8-5-12-9(15-8)10(13)14;/h1-5H,(H,13,14);/q;+1/p-1. The molecule has 0 saturated carbocycles. The fourth-order valence-corrected chi connectivity index (χ4v) is 1.33. The van der Waals surface area contributed by atoms with Gasteiger partial charge in [-0.05, 0) is 12.1 Å². The molecule has 0 unspecified atom stereocenters. The van der Waals surface area contributed by atoms with E-state index in [4.69, 9.17) is 16.0 Å². The van der Waals surface area contributed by atoms with Gasteiger partial charge in [0.1, 0.15) is 5.97 Å². The number of aromatic nitrogens is 1. The fraction of sp³-hybridized carbons (Fsp3) is 0. The quantitative estimate of drug-likeness (QED) is 0.596. The monoisotopic (exact) mass is 245 g/mol. The van der Waals surface area contributed by atoms with Crippen LogP contribution in [0.4, 0.5) is 0 Å². The molecule has 1 aromatic heterocycles. The van der Waals surface area contributed by atoms with Gasteiger partial charge < -0.3 is 14.3 Å². The molecule has 2 aromatic rings. The number of hydrogen-bond donors (Lipinski definition) is 0. The molecule has 0 spiro atoms. The molecule has 0 amide bonds. The van der Waals surface area contributed by atoms with Crippen molar-refractivity contribution < 1.29 is 43.9 Å². The van der Waals surface area contributed by atoms with Crippen molar-refractivity contribution in [2.24, 2.45) is 0 Å². The molecule has 16 heavy (non-hydrogen) atoms. The van der Waals surface area contributed by atoms with E-state index >= 15 is 0 Å². The first-order chi connectivity index (χ1) is 7.16. The van der Waals surface area contributed by atoms with Gasteiger partial charge in [-0.25, -0.2) is 4.98 Å². The average Bonchev–Trinajstić information content (AvgIpc) is 2.66. The van der Waals surface area contributed by atoms with Gasteiger partial charge in [0, 0.05) is 10.6 Å². The normalized spacial score (nSPS) is 9.56. The van der Waals surface area contributed by atoms with Crippen molar-refractivity contribution in [3.63, 3.8) is 0 Å². The minimum absolute atomic E-state index is 0. The number of halogens is 1. The molecule has 1 aromatic carbocycles. The third-order valence-corrected chi connectivity index (χ3v) is 2.02. The Labute approximate surface area is 119 Å². The summed E-state index contributed by atoms with van der Waals surface area (Å²) in [6, 6.07) is 6.84. The van der Waals surface area contributed by atoms with Gasteiger partial charge in [0.15, 0.2) is 5.76 Å². The van der Waals surface area contributed by atoms with E-state index in [2.05, 4.69) is 4.98 Å². The summed E-state index contributed by atoms with van der Waals surface area (Å²) < 4.78 is 4.95.